The average Bonchev–Trinajstić information content (AvgIpc) is 2.39. The topological polar surface area (TPSA) is 58.6 Å². The van der Waals surface area contributed by atoms with Crippen molar-refractivity contribution in [2.75, 3.05) is 13.2 Å². The van der Waals surface area contributed by atoms with Gasteiger partial charge in [-0.3, -0.25) is 4.79 Å². The molecule has 18 heavy (non-hydrogen) atoms. The number of hydrogen-bond donors (Lipinski definition) is 2. The molecule has 2 fully saturated rings. The standard InChI is InChI=1S/C14H25NO3/c1-11-5-4-7-14(9-11,10-16)15-13(17)12-6-2-3-8-18-12/h11-12,16H,2-10H2,1H3,(H,15,17). The molecule has 4 heteroatoms. The average molecular weight is 255 g/mol. The fourth-order valence-electron chi connectivity index (χ4n) is 3.25. The van der Waals surface area contributed by atoms with Gasteiger partial charge in [-0.25, -0.2) is 0 Å². The SMILES string of the molecule is CC1CCCC(CO)(NC(=O)C2CCCCO2)C1. The second-order valence-corrected chi connectivity index (χ2v) is 5.98. The van der Waals surface area contributed by atoms with Gasteiger partial charge in [-0.1, -0.05) is 19.8 Å². The summed E-state index contributed by atoms with van der Waals surface area (Å²) in [7, 11) is 0. The minimum atomic E-state index is -0.407. The molecule has 1 heterocycles. The van der Waals surface area contributed by atoms with Crippen LogP contribution in [0.25, 0.3) is 0 Å². The van der Waals surface area contributed by atoms with Crippen molar-refractivity contribution in [3.8, 4) is 0 Å². The van der Waals surface area contributed by atoms with Crippen LogP contribution in [0.3, 0.4) is 0 Å². The molecule has 0 bridgehead atoms. The van der Waals surface area contributed by atoms with Gasteiger partial charge >= 0.3 is 0 Å². The first kappa shape index (κ1) is 13.8. The lowest BCUT2D eigenvalue weighted by atomic mass is 9.76. The lowest BCUT2D eigenvalue weighted by Gasteiger charge is -2.40. The van der Waals surface area contributed by atoms with E-state index in [1.165, 1.54) is 6.42 Å². The molecule has 1 aliphatic heterocycles. The Morgan fingerprint density at radius 1 is 1.39 bits per heavy atom. The van der Waals surface area contributed by atoms with Crippen LogP contribution in [-0.2, 0) is 9.53 Å². The molecule has 1 saturated carbocycles. The summed E-state index contributed by atoms with van der Waals surface area (Å²) < 4.78 is 5.50. The third kappa shape index (κ3) is 3.23. The van der Waals surface area contributed by atoms with Crippen LogP contribution in [0.5, 0.6) is 0 Å². The Hall–Kier alpha value is -0.610. The van der Waals surface area contributed by atoms with Crippen LogP contribution < -0.4 is 5.32 Å². The molecule has 1 aliphatic carbocycles. The second-order valence-electron chi connectivity index (χ2n) is 5.98. The van der Waals surface area contributed by atoms with Gasteiger partial charge in [0.2, 0.25) is 5.91 Å². The molecule has 3 unspecified atom stereocenters. The number of carbonyl (C=O) groups is 1. The number of aliphatic hydroxyl groups is 1. The second kappa shape index (κ2) is 6.02. The summed E-state index contributed by atoms with van der Waals surface area (Å²) in [5, 5.41) is 12.7. The summed E-state index contributed by atoms with van der Waals surface area (Å²) in [6.07, 6.45) is 6.63. The lowest BCUT2D eigenvalue weighted by molar-refractivity contribution is -0.138. The molecule has 2 aliphatic rings. The van der Waals surface area contributed by atoms with E-state index in [2.05, 4.69) is 12.2 Å². The van der Waals surface area contributed by atoms with E-state index >= 15 is 0 Å². The highest BCUT2D eigenvalue weighted by Gasteiger charge is 2.37. The first-order chi connectivity index (χ1) is 8.65. The lowest BCUT2D eigenvalue weighted by Crippen LogP contribution is -2.56. The highest BCUT2D eigenvalue weighted by atomic mass is 16.5. The van der Waals surface area contributed by atoms with Gasteiger partial charge in [-0.15, -0.1) is 0 Å². The molecule has 0 aromatic rings. The van der Waals surface area contributed by atoms with E-state index in [0.717, 1.165) is 38.5 Å². The Balaban J connectivity index is 1.94. The summed E-state index contributed by atoms with van der Waals surface area (Å²) >= 11 is 0. The van der Waals surface area contributed by atoms with Gasteiger partial charge in [0, 0.05) is 6.61 Å². The maximum Gasteiger partial charge on any atom is 0.249 e. The number of aliphatic hydroxyl groups excluding tert-OH is 1. The van der Waals surface area contributed by atoms with E-state index < -0.39 is 5.54 Å². The van der Waals surface area contributed by atoms with Crippen LogP contribution >= 0.6 is 0 Å². The Morgan fingerprint density at radius 2 is 2.22 bits per heavy atom. The molecular formula is C14H25NO3. The number of nitrogens with one attached hydrogen (secondary N) is 1. The summed E-state index contributed by atoms with van der Waals surface area (Å²) in [4.78, 5) is 12.2. The zero-order valence-electron chi connectivity index (χ0n) is 11.3. The van der Waals surface area contributed by atoms with Gasteiger partial charge in [-0.2, -0.15) is 0 Å². The van der Waals surface area contributed by atoms with Gasteiger partial charge in [0.25, 0.3) is 0 Å². The quantitative estimate of drug-likeness (QED) is 0.805. The highest BCUT2D eigenvalue weighted by Crippen LogP contribution is 2.32. The van der Waals surface area contributed by atoms with Crippen molar-refractivity contribution in [1.29, 1.82) is 0 Å². The van der Waals surface area contributed by atoms with Crippen molar-refractivity contribution in [1.82, 2.24) is 5.32 Å². The van der Waals surface area contributed by atoms with Gasteiger partial charge in [-0.05, 0) is 38.0 Å². The van der Waals surface area contributed by atoms with Crippen LogP contribution in [0.1, 0.15) is 51.9 Å². The molecule has 0 aromatic carbocycles. The normalized spacial score (nSPS) is 37.2. The monoisotopic (exact) mass is 255 g/mol. The molecule has 2 N–H and O–H groups in total. The highest BCUT2D eigenvalue weighted by molar-refractivity contribution is 5.81. The predicted molar refractivity (Wildman–Crippen MR) is 69.2 cm³/mol. The van der Waals surface area contributed by atoms with Gasteiger partial charge < -0.3 is 15.2 Å². The molecule has 104 valence electrons. The largest absolute Gasteiger partial charge is 0.394 e. The van der Waals surface area contributed by atoms with E-state index in [-0.39, 0.29) is 18.6 Å². The maximum absolute atomic E-state index is 12.2. The van der Waals surface area contributed by atoms with Gasteiger partial charge in [0.05, 0.1) is 12.1 Å². The summed E-state index contributed by atoms with van der Waals surface area (Å²) in [6, 6.07) is 0. The minimum Gasteiger partial charge on any atom is -0.394 e. The fourth-order valence-corrected chi connectivity index (χ4v) is 3.25. The van der Waals surface area contributed by atoms with Crippen LogP contribution in [0.2, 0.25) is 0 Å². The zero-order chi connectivity index (χ0) is 13.0. The van der Waals surface area contributed by atoms with E-state index in [9.17, 15) is 9.90 Å². The van der Waals surface area contributed by atoms with E-state index in [0.29, 0.717) is 12.5 Å². The van der Waals surface area contributed by atoms with Crippen molar-refractivity contribution < 1.29 is 14.6 Å². The number of ether oxygens (including phenoxy) is 1. The Labute approximate surface area is 109 Å². The van der Waals surface area contributed by atoms with E-state index in [1.807, 2.05) is 0 Å². The van der Waals surface area contributed by atoms with Crippen LogP contribution in [0.4, 0.5) is 0 Å². The predicted octanol–water partition coefficient (Wildman–Crippen LogP) is 1.61. The Morgan fingerprint density at radius 3 is 2.83 bits per heavy atom. The van der Waals surface area contributed by atoms with Crippen LogP contribution in [0, 0.1) is 5.92 Å². The molecule has 4 nitrogen and oxygen atoms in total. The molecule has 0 radical (unpaired) electrons. The molecule has 0 aromatic heterocycles. The van der Waals surface area contributed by atoms with Crippen molar-refractivity contribution in [2.45, 2.75) is 63.5 Å². The molecular weight excluding hydrogens is 230 g/mol. The Bertz CT molecular complexity index is 289. The first-order valence-corrected chi connectivity index (χ1v) is 7.20. The Kier molecular flexibility index (Phi) is 4.62. The first-order valence-electron chi connectivity index (χ1n) is 7.20. The van der Waals surface area contributed by atoms with Crippen LogP contribution in [0.15, 0.2) is 0 Å². The van der Waals surface area contributed by atoms with Crippen molar-refractivity contribution in [2.24, 2.45) is 5.92 Å². The number of amides is 1. The summed E-state index contributed by atoms with van der Waals surface area (Å²) in [5.41, 5.74) is -0.407. The third-order valence-electron chi connectivity index (χ3n) is 4.25. The van der Waals surface area contributed by atoms with Gasteiger partial charge in [0.1, 0.15) is 6.10 Å². The van der Waals surface area contributed by atoms with E-state index in [1.54, 1.807) is 0 Å². The van der Waals surface area contributed by atoms with E-state index in [4.69, 9.17) is 4.74 Å². The van der Waals surface area contributed by atoms with Gasteiger partial charge in [0.15, 0.2) is 0 Å². The minimum absolute atomic E-state index is 0.0298. The van der Waals surface area contributed by atoms with Crippen molar-refractivity contribution in [3.63, 3.8) is 0 Å². The maximum atomic E-state index is 12.2. The fraction of sp³-hybridized carbons (Fsp3) is 0.929. The van der Waals surface area contributed by atoms with Crippen molar-refractivity contribution in [3.05, 3.63) is 0 Å². The molecule has 2 rings (SSSR count). The zero-order valence-corrected chi connectivity index (χ0v) is 11.3. The third-order valence-corrected chi connectivity index (χ3v) is 4.25. The smallest absolute Gasteiger partial charge is 0.249 e. The molecule has 0 spiro atoms. The molecule has 3 atom stereocenters. The summed E-state index contributed by atoms with van der Waals surface area (Å²) in [6.45, 7) is 2.91. The van der Waals surface area contributed by atoms with Crippen LogP contribution in [-0.4, -0.2) is 35.9 Å². The molecule has 1 saturated heterocycles. The summed E-state index contributed by atoms with van der Waals surface area (Å²) in [5.74, 6) is 0.538. The number of rotatable bonds is 3. The number of carbonyl (C=O) groups excluding carboxylic acids is 1. The number of hydrogen-bond acceptors (Lipinski definition) is 3. The molecule has 1 amide bonds. The van der Waals surface area contributed by atoms with Crippen molar-refractivity contribution >= 4 is 5.91 Å².